The van der Waals surface area contributed by atoms with E-state index < -0.39 is 18.9 Å². The number of fused-ring (bicyclic) bond motifs is 1. The molecule has 1 aliphatic heterocycles. The molecule has 0 aromatic carbocycles. The van der Waals surface area contributed by atoms with Gasteiger partial charge in [0.25, 0.3) is 6.43 Å². The normalized spacial score (nSPS) is 17.6. The van der Waals surface area contributed by atoms with Crippen LogP contribution in [0.3, 0.4) is 0 Å². The Balaban J connectivity index is 1.65. The first-order valence-corrected chi connectivity index (χ1v) is 12.3. The first kappa shape index (κ1) is 26.6. The van der Waals surface area contributed by atoms with E-state index in [9.17, 15) is 17.6 Å². The molecule has 0 atom stereocenters. The SMILES string of the molecule is CC/C(C)=N\c1ncc(C2=CCNc3nc(NC4CCC(F)(F)CC4)nc(OC)c32)cc1NCC(F)F. The fourth-order valence-electron chi connectivity index (χ4n) is 4.28. The van der Waals surface area contributed by atoms with Crippen molar-refractivity contribution in [1.29, 1.82) is 0 Å². The van der Waals surface area contributed by atoms with Crippen LogP contribution < -0.4 is 20.7 Å². The zero-order valence-corrected chi connectivity index (χ0v) is 21.0. The molecule has 1 fully saturated rings. The largest absolute Gasteiger partial charge is 0.480 e. The van der Waals surface area contributed by atoms with Crippen molar-refractivity contribution in [3.05, 3.63) is 29.5 Å². The maximum atomic E-state index is 13.5. The molecule has 1 aliphatic carbocycles. The average Bonchev–Trinajstić information content (AvgIpc) is 2.88. The van der Waals surface area contributed by atoms with Gasteiger partial charge in [-0.05, 0) is 37.8 Å². The minimum Gasteiger partial charge on any atom is -0.480 e. The predicted molar refractivity (Wildman–Crippen MR) is 137 cm³/mol. The lowest BCUT2D eigenvalue weighted by molar-refractivity contribution is -0.0361. The molecule has 0 spiro atoms. The van der Waals surface area contributed by atoms with E-state index in [1.165, 1.54) is 7.11 Å². The van der Waals surface area contributed by atoms with Crippen LogP contribution in [0.2, 0.25) is 0 Å². The summed E-state index contributed by atoms with van der Waals surface area (Å²) in [4.78, 5) is 18.0. The quantitative estimate of drug-likeness (QED) is 0.279. The van der Waals surface area contributed by atoms with Gasteiger partial charge in [-0.2, -0.15) is 9.97 Å². The standard InChI is InChI=1S/C25H31F4N7O/c1-4-14(2)33-21-18(31-13-19(26)27)11-15(12-32-21)17-7-10-30-22-20(17)23(37-3)36-24(35-22)34-16-5-8-25(28,29)9-6-16/h7,11-12,16,19,31H,4-6,8-10,13H2,1-3H3,(H2,30,34,35,36)/b33-14-. The van der Waals surface area contributed by atoms with Gasteiger partial charge in [-0.25, -0.2) is 27.5 Å². The summed E-state index contributed by atoms with van der Waals surface area (Å²) in [6, 6.07) is 1.57. The molecule has 0 amide bonds. The Morgan fingerprint density at radius 2 is 2.03 bits per heavy atom. The number of ether oxygens (including phenoxy) is 1. The summed E-state index contributed by atoms with van der Waals surface area (Å²) in [5, 5.41) is 9.11. The van der Waals surface area contributed by atoms with Gasteiger partial charge in [0.2, 0.25) is 17.8 Å². The molecule has 37 heavy (non-hydrogen) atoms. The summed E-state index contributed by atoms with van der Waals surface area (Å²) >= 11 is 0. The van der Waals surface area contributed by atoms with Crippen LogP contribution in [0.5, 0.6) is 5.88 Å². The van der Waals surface area contributed by atoms with E-state index in [1.54, 1.807) is 12.3 Å². The summed E-state index contributed by atoms with van der Waals surface area (Å²) in [7, 11) is 1.49. The molecule has 2 aromatic rings. The van der Waals surface area contributed by atoms with Gasteiger partial charge in [0.15, 0.2) is 5.82 Å². The minimum atomic E-state index is -2.62. The number of hydrogen-bond donors (Lipinski definition) is 3. The second kappa shape index (κ2) is 11.3. The highest BCUT2D eigenvalue weighted by atomic mass is 19.3. The molecule has 0 saturated heterocycles. The third kappa shape index (κ3) is 6.47. The summed E-state index contributed by atoms with van der Waals surface area (Å²) in [6.07, 6.45) is 2.00. The number of pyridine rings is 1. The number of anilines is 3. The third-order valence-corrected chi connectivity index (χ3v) is 6.40. The highest BCUT2D eigenvalue weighted by molar-refractivity contribution is 5.91. The number of methoxy groups -OCH3 is 1. The van der Waals surface area contributed by atoms with Gasteiger partial charge in [-0.1, -0.05) is 13.0 Å². The Kier molecular flexibility index (Phi) is 8.13. The first-order chi connectivity index (χ1) is 17.7. The lowest BCUT2D eigenvalue weighted by Gasteiger charge is -2.29. The van der Waals surface area contributed by atoms with Crippen molar-refractivity contribution in [1.82, 2.24) is 15.0 Å². The van der Waals surface area contributed by atoms with Gasteiger partial charge < -0.3 is 20.7 Å². The van der Waals surface area contributed by atoms with Crippen LogP contribution in [0.15, 0.2) is 23.3 Å². The number of alkyl halides is 4. The number of hydrogen-bond acceptors (Lipinski definition) is 8. The Bertz CT molecular complexity index is 1180. The summed E-state index contributed by atoms with van der Waals surface area (Å²) in [5.74, 6) is -1.20. The van der Waals surface area contributed by atoms with Crippen molar-refractivity contribution in [3.8, 4) is 5.88 Å². The number of nitrogens with zero attached hydrogens (tertiary/aromatic N) is 4. The van der Waals surface area contributed by atoms with Crippen molar-refractivity contribution >= 4 is 34.6 Å². The summed E-state index contributed by atoms with van der Waals surface area (Å²) < 4.78 is 58.6. The Morgan fingerprint density at radius 3 is 2.70 bits per heavy atom. The molecule has 1 saturated carbocycles. The van der Waals surface area contributed by atoms with E-state index in [4.69, 9.17) is 4.74 Å². The maximum absolute atomic E-state index is 13.5. The molecule has 0 bridgehead atoms. The predicted octanol–water partition coefficient (Wildman–Crippen LogP) is 5.91. The van der Waals surface area contributed by atoms with Crippen molar-refractivity contribution in [3.63, 3.8) is 0 Å². The fourth-order valence-corrected chi connectivity index (χ4v) is 4.28. The first-order valence-electron chi connectivity index (χ1n) is 12.3. The smallest absolute Gasteiger partial charge is 0.255 e. The van der Waals surface area contributed by atoms with Gasteiger partial charge in [-0.3, -0.25) is 0 Å². The molecule has 200 valence electrons. The van der Waals surface area contributed by atoms with Crippen molar-refractivity contribution in [2.24, 2.45) is 4.99 Å². The monoisotopic (exact) mass is 521 g/mol. The minimum absolute atomic E-state index is 0.159. The lowest BCUT2D eigenvalue weighted by Crippen LogP contribution is -2.32. The number of aliphatic imine (C=N–C) groups is 1. The average molecular weight is 522 g/mol. The van der Waals surface area contributed by atoms with E-state index in [1.807, 2.05) is 19.9 Å². The van der Waals surface area contributed by atoms with Crippen molar-refractivity contribution in [2.45, 2.75) is 64.3 Å². The van der Waals surface area contributed by atoms with Gasteiger partial charge in [0.1, 0.15) is 5.82 Å². The lowest BCUT2D eigenvalue weighted by atomic mass is 9.92. The number of halogens is 4. The Labute approximate surface area is 213 Å². The molecule has 12 heteroatoms. The molecule has 2 aromatic heterocycles. The van der Waals surface area contributed by atoms with Crippen molar-refractivity contribution in [2.75, 3.05) is 36.1 Å². The van der Waals surface area contributed by atoms with Crippen LogP contribution in [0.1, 0.15) is 57.1 Å². The summed E-state index contributed by atoms with van der Waals surface area (Å²) in [6.45, 7) is 3.72. The highest BCUT2D eigenvalue weighted by Gasteiger charge is 2.35. The van der Waals surface area contributed by atoms with E-state index >= 15 is 0 Å². The molecule has 0 radical (unpaired) electrons. The van der Waals surface area contributed by atoms with Gasteiger partial charge in [-0.15, -0.1) is 0 Å². The van der Waals surface area contributed by atoms with E-state index in [-0.39, 0.29) is 30.7 Å². The third-order valence-electron chi connectivity index (χ3n) is 6.40. The van der Waals surface area contributed by atoms with E-state index in [0.29, 0.717) is 54.3 Å². The topological polar surface area (TPSA) is 96.4 Å². The molecule has 3 heterocycles. The second-order valence-corrected chi connectivity index (χ2v) is 9.12. The van der Waals surface area contributed by atoms with E-state index in [2.05, 4.69) is 35.9 Å². The molecular weight excluding hydrogens is 490 g/mol. The highest BCUT2D eigenvalue weighted by Crippen LogP contribution is 2.40. The molecule has 2 aliphatic rings. The zero-order chi connectivity index (χ0) is 26.6. The molecule has 0 unspecified atom stereocenters. The van der Waals surface area contributed by atoms with Crippen LogP contribution in [0, 0.1) is 0 Å². The molecule has 3 N–H and O–H groups in total. The van der Waals surface area contributed by atoms with Gasteiger partial charge in [0, 0.05) is 42.9 Å². The second-order valence-electron chi connectivity index (χ2n) is 9.12. The van der Waals surface area contributed by atoms with Gasteiger partial charge >= 0.3 is 0 Å². The number of nitrogens with one attached hydrogen (secondary N) is 3. The van der Waals surface area contributed by atoms with Crippen LogP contribution >= 0.6 is 0 Å². The van der Waals surface area contributed by atoms with E-state index in [0.717, 1.165) is 11.3 Å². The van der Waals surface area contributed by atoms with Crippen LogP contribution in [-0.2, 0) is 0 Å². The fraction of sp³-hybridized carbons (Fsp3) is 0.520. The maximum Gasteiger partial charge on any atom is 0.255 e. The zero-order valence-electron chi connectivity index (χ0n) is 21.0. The number of aromatic nitrogens is 3. The number of rotatable bonds is 9. The Morgan fingerprint density at radius 1 is 1.27 bits per heavy atom. The Hall–Kier alpha value is -3.44. The van der Waals surface area contributed by atoms with Crippen LogP contribution in [-0.4, -0.2) is 59.3 Å². The van der Waals surface area contributed by atoms with Gasteiger partial charge in [0.05, 0.1) is 24.9 Å². The summed E-state index contributed by atoms with van der Waals surface area (Å²) in [5.41, 5.74) is 3.19. The van der Waals surface area contributed by atoms with Crippen LogP contribution in [0.25, 0.3) is 5.57 Å². The molecular formula is C25H31F4N7O. The van der Waals surface area contributed by atoms with Crippen LogP contribution in [0.4, 0.5) is 40.8 Å². The molecule has 8 nitrogen and oxygen atoms in total. The van der Waals surface area contributed by atoms with Crippen molar-refractivity contribution < 1.29 is 22.3 Å². The molecule has 4 rings (SSSR count).